The van der Waals surface area contributed by atoms with Gasteiger partial charge in [0.25, 0.3) is 0 Å². The van der Waals surface area contributed by atoms with Crippen molar-refractivity contribution in [2.45, 2.75) is 0 Å². The predicted molar refractivity (Wildman–Crippen MR) is 138 cm³/mol. The van der Waals surface area contributed by atoms with Crippen molar-refractivity contribution in [3.63, 3.8) is 0 Å². The number of methoxy groups -OCH3 is 2. The second-order valence-electron chi connectivity index (χ2n) is 8.12. The highest BCUT2D eigenvalue weighted by molar-refractivity contribution is 6.16. The molecule has 35 heavy (non-hydrogen) atoms. The SMILES string of the molecule is COc1cc2c(-c3cccnc3)nc3c(c(-c4ccccc4)nn3-c3ccccc3)c2cc1OC. The highest BCUT2D eigenvalue weighted by atomic mass is 16.5. The van der Waals surface area contributed by atoms with E-state index in [0.717, 1.165) is 50.0 Å². The molecular formula is C29H22N4O2. The zero-order valence-electron chi connectivity index (χ0n) is 19.3. The lowest BCUT2D eigenvalue weighted by molar-refractivity contribution is 0.356. The molecule has 0 fully saturated rings. The average molecular weight is 459 g/mol. The molecule has 0 bridgehead atoms. The average Bonchev–Trinajstić information content (AvgIpc) is 3.33. The van der Waals surface area contributed by atoms with Crippen LogP contribution in [0.4, 0.5) is 0 Å². The van der Waals surface area contributed by atoms with Crippen LogP contribution >= 0.6 is 0 Å². The van der Waals surface area contributed by atoms with E-state index in [4.69, 9.17) is 19.6 Å². The van der Waals surface area contributed by atoms with Crippen molar-refractivity contribution in [3.8, 4) is 39.7 Å². The van der Waals surface area contributed by atoms with Gasteiger partial charge in [-0.3, -0.25) is 4.98 Å². The summed E-state index contributed by atoms with van der Waals surface area (Å²) in [6, 6.07) is 28.2. The highest BCUT2D eigenvalue weighted by Crippen LogP contribution is 2.42. The van der Waals surface area contributed by atoms with Gasteiger partial charge in [-0.2, -0.15) is 5.10 Å². The maximum Gasteiger partial charge on any atom is 0.164 e. The highest BCUT2D eigenvalue weighted by Gasteiger charge is 2.22. The van der Waals surface area contributed by atoms with Crippen molar-refractivity contribution in [1.82, 2.24) is 19.7 Å². The van der Waals surface area contributed by atoms with Crippen molar-refractivity contribution in [2.75, 3.05) is 14.2 Å². The van der Waals surface area contributed by atoms with E-state index >= 15 is 0 Å². The fourth-order valence-corrected chi connectivity index (χ4v) is 4.48. The Labute approximate surface area is 202 Å². The Kier molecular flexibility index (Phi) is 5.11. The summed E-state index contributed by atoms with van der Waals surface area (Å²) in [5, 5.41) is 7.94. The predicted octanol–water partition coefficient (Wildman–Crippen LogP) is 6.32. The first-order valence-electron chi connectivity index (χ1n) is 11.3. The zero-order valence-corrected chi connectivity index (χ0v) is 19.3. The van der Waals surface area contributed by atoms with Crippen molar-refractivity contribution in [3.05, 3.63) is 97.3 Å². The molecule has 0 aliphatic heterocycles. The number of para-hydroxylation sites is 1. The second-order valence-corrected chi connectivity index (χ2v) is 8.12. The molecule has 0 radical (unpaired) electrons. The van der Waals surface area contributed by atoms with Crippen LogP contribution < -0.4 is 9.47 Å². The van der Waals surface area contributed by atoms with Gasteiger partial charge < -0.3 is 9.47 Å². The Hall–Kier alpha value is -4.71. The van der Waals surface area contributed by atoms with Crippen LogP contribution in [0.2, 0.25) is 0 Å². The number of hydrogen-bond donors (Lipinski definition) is 0. The molecule has 0 aliphatic carbocycles. The molecule has 6 rings (SSSR count). The number of rotatable bonds is 5. The van der Waals surface area contributed by atoms with Gasteiger partial charge >= 0.3 is 0 Å². The van der Waals surface area contributed by atoms with Crippen LogP contribution in [-0.4, -0.2) is 34.0 Å². The Balaban J connectivity index is 1.82. The summed E-state index contributed by atoms with van der Waals surface area (Å²) in [5.41, 5.74) is 5.27. The first-order valence-corrected chi connectivity index (χ1v) is 11.3. The summed E-state index contributed by atoms with van der Waals surface area (Å²) in [7, 11) is 3.29. The largest absolute Gasteiger partial charge is 0.493 e. The summed E-state index contributed by atoms with van der Waals surface area (Å²) in [5.74, 6) is 1.29. The molecule has 0 unspecified atom stereocenters. The number of hydrogen-bond acceptors (Lipinski definition) is 5. The third-order valence-electron chi connectivity index (χ3n) is 6.11. The van der Waals surface area contributed by atoms with E-state index in [0.29, 0.717) is 11.5 Å². The zero-order chi connectivity index (χ0) is 23.8. The standard InChI is InChI=1S/C29H22N4O2/c1-34-24-16-22-23(17-25(24)35-2)27(20-12-9-15-30-18-20)31-29-26(22)28(19-10-5-3-6-11-19)32-33(29)21-13-7-4-8-14-21/h3-18H,1-2H3. The molecule has 170 valence electrons. The third-order valence-corrected chi connectivity index (χ3v) is 6.11. The van der Waals surface area contributed by atoms with E-state index in [9.17, 15) is 0 Å². The molecule has 6 nitrogen and oxygen atoms in total. The van der Waals surface area contributed by atoms with Crippen LogP contribution in [0.15, 0.2) is 97.3 Å². The molecule has 3 aromatic carbocycles. The van der Waals surface area contributed by atoms with E-state index in [1.54, 1.807) is 20.4 Å². The first kappa shape index (κ1) is 20.9. The Morgan fingerprint density at radius 1 is 0.686 bits per heavy atom. The summed E-state index contributed by atoms with van der Waals surface area (Å²) in [6.07, 6.45) is 3.58. The van der Waals surface area contributed by atoms with Gasteiger partial charge in [0.2, 0.25) is 0 Å². The van der Waals surface area contributed by atoms with Crippen molar-refractivity contribution >= 4 is 21.8 Å². The van der Waals surface area contributed by atoms with E-state index in [1.807, 2.05) is 83.7 Å². The van der Waals surface area contributed by atoms with Crippen LogP contribution in [0, 0.1) is 0 Å². The van der Waals surface area contributed by atoms with Gasteiger partial charge in [0.05, 0.1) is 31.0 Å². The van der Waals surface area contributed by atoms with E-state index in [2.05, 4.69) is 17.1 Å². The molecule has 0 spiro atoms. The number of nitrogens with zero attached hydrogens (tertiary/aromatic N) is 4. The van der Waals surface area contributed by atoms with Gasteiger partial charge in [-0.1, -0.05) is 48.5 Å². The maximum atomic E-state index is 5.69. The molecule has 0 amide bonds. The smallest absolute Gasteiger partial charge is 0.164 e. The summed E-state index contributed by atoms with van der Waals surface area (Å²) >= 11 is 0. The molecular weight excluding hydrogens is 436 g/mol. The number of fused-ring (bicyclic) bond motifs is 3. The molecule has 0 saturated carbocycles. The monoisotopic (exact) mass is 458 g/mol. The number of aromatic nitrogens is 4. The third kappa shape index (κ3) is 3.47. The summed E-state index contributed by atoms with van der Waals surface area (Å²) < 4.78 is 13.2. The van der Waals surface area contributed by atoms with Crippen molar-refractivity contribution in [2.24, 2.45) is 0 Å². The lowest BCUT2D eigenvalue weighted by atomic mass is 9.99. The van der Waals surface area contributed by atoms with Gasteiger partial charge in [-0.05, 0) is 36.4 Å². The Morgan fingerprint density at radius 3 is 2.00 bits per heavy atom. The first-order chi connectivity index (χ1) is 17.3. The summed E-state index contributed by atoms with van der Waals surface area (Å²) in [4.78, 5) is 9.53. The molecule has 0 atom stereocenters. The Morgan fingerprint density at radius 2 is 1.34 bits per heavy atom. The molecule has 3 aromatic heterocycles. The van der Waals surface area contributed by atoms with Crippen LogP contribution in [0.25, 0.3) is 50.0 Å². The molecule has 0 aliphatic rings. The summed E-state index contributed by atoms with van der Waals surface area (Å²) in [6.45, 7) is 0. The van der Waals surface area contributed by atoms with E-state index < -0.39 is 0 Å². The Bertz CT molecular complexity index is 1650. The maximum absolute atomic E-state index is 5.69. The van der Waals surface area contributed by atoms with Gasteiger partial charge in [0, 0.05) is 34.3 Å². The van der Waals surface area contributed by atoms with Crippen LogP contribution in [0.1, 0.15) is 0 Å². The van der Waals surface area contributed by atoms with Gasteiger partial charge in [-0.25, -0.2) is 9.67 Å². The van der Waals surface area contributed by atoms with Crippen molar-refractivity contribution < 1.29 is 9.47 Å². The second kappa shape index (κ2) is 8.57. The van der Waals surface area contributed by atoms with Gasteiger partial charge in [0.1, 0.15) is 5.69 Å². The topological polar surface area (TPSA) is 62.1 Å². The number of ether oxygens (including phenoxy) is 2. The van der Waals surface area contributed by atoms with Crippen LogP contribution in [-0.2, 0) is 0 Å². The van der Waals surface area contributed by atoms with Crippen LogP contribution in [0.5, 0.6) is 11.5 Å². The molecule has 0 N–H and O–H groups in total. The number of pyridine rings is 2. The van der Waals surface area contributed by atoms with E-state index in [-0.39, 0.29) is 0 Å². The fourth-order valence-electron chi connectivity index (χ4n) is 4.48. The molecule has 0 saturated heterocycles. The van der Waals surface area contributed by atoms with Crippen molar-refractivity contribution in [1.29, 1.82) is 0 Å². The van der Waals surface area contributed by atoms with Gasteiger partial charge in [0.15, 0.2) is 17.1 Å². The molecule has 6 aromatic rings. The lowest BCUT2D eigenvalue weighted by Gasteiger charge is -2.13. The normalized spacial score (nSPS) is 11.1. The lowest BCUT2D eigenvalue weighted by Crippen LogP contribution is -1.99. The number of benzene rings is 3. The molecule has 6 heteroatoms. The van der Waals surface area contributed by atoms with Gasteiger partial charge in [-0.15, -0.1) is 0 Å². The van der Waals surface area contributed by atoms with Crippen LogP contribution in [0.3, 0.4) is 0 Å². The fraction of sp³-hybridized carbons (Fsp3) is 0.0690. The minimum Gasteiger partial charge on any atom is -0.493 e. The van der Waals surface area contributed by atoms with E-state index in [1.165, 1.54) is 0 Å². The molecule has 3 heterocycles. The minimum absolute atomic E-state index is 0.642. The quantitative estimate of drug-likeness (QED) is 0.303. The minimum atomic E-state index is 0.642.